The van der Waals surface area contributed by atoms with Crippen LogP contribution in [0.1, 0.15) is 12.5 Å². The van der Waals surface area contributed by atoms with Crippen LogP contribution in [-0.4, -0.2) is 32.1 Å². The van der Waals surface area contributed by atoms with Crippen LogP contribution in [0.4, 0.5) is 0 Å². The number of amides is 2. The summed E-state index contributed by atoms with van der Waals surface area (Å²) in [6, 6.07) is 7.49. The van der Waals surface area contributed by atoms with Gasteiger partial charge in [0.2, 0.25) is 0 Å². The van der Waals surface area contributed by atoms with E-state index in [4.69, 9.17) is 4.74 Å². The van der Waals surface area contributed by atoms with E-state index in [2.05, 4.69) is 15.6 Å². The minimum atomic E-state index is -0.435. The Morgan fingerprint density at radius 3 is 2.37 bits per heavy atom. The Bertz CT molecular complexity index is 434. The second-order valence-electron chi connectivity index (χ2n) is 3.78. The second-order valence-corrected chi connectivity index (χ2v) is 3.78. The molecule has 19 heavy (non-hydrogen) atoms. The number of ether oxygens (including phenoxy) is 2. The Balaban J connectivity index is 2.35. The topological polar surface area (TPSA) is 76.7 Å². The van der Waals surface area contributed by atoms with Gasteiger partial charge in [-0.05, 0) is 18.1 Å². The summed E-state index contributed by atoms with van der Waals surface area (Å²) in [4.78, 5) is 22.5. The molecule has 1 rings (SSSR count). The minimum absolute atomic E-state index is 0.111. The molecule has 0 bridgehead atoms. The van der Waals surface area contributed by atoms with E-state index in [-0.39, 0.29) is 13.2 Å². The Hall–Kier alpha value is -2.08. The number of carbonyl (C=O) groups excluding carboxylic acids is 2. The fraction of sp³-hybridized carbons (Fsp3) is 0.385. The first-order valence-corrected chi connectivity index (χ1v) is 5.94. The molecular formula is C13H18N2O4. The molecule has 0 radical (unpaired) electrons. The molecule has 0 spiro atoms. The standard InChI is InChI=1S/C13H18N2O4/c1-3-10-6-4-5-7-11(10)19-9-13(17)15-14-12(16)8-18-2/h4-7H,3,8-9H2,1-2H3,(H,14,16)(H,15,17). The number of nitrogens with one attached hydrogen (secondary N) is 2. The average molecular weight is 266 g/mol. The van der Waals surface area contributed by atoms with E-state index < -0.39 is 11.8 Å². The van der Waals surface area contributed by atoms with Gasteiger partial charge in [0.1, 0.15) is 12.4 Å². The van der Waals surface area contributed by atoms with Crippen molar-refractivity contribution in [2.75, 3.05) is 20.3 Å². The summed E-state index contributed by atoms with van der Waals surface area (Å²) in [5, 5.41) is 0. The van der Waals surface area contributed by atoms with Gasteiger partial charge >= 0.3 is 0 Å². The molecule has 0 fully saturated rings. The van der Waals surface area contributed by atoms with Crippen LogP contribution >= 0.6 is 0 Å². The van der Waals surface area contributed by atoms with Crippen molar-refractivity contribution in [2.24, 2.45) is 0 Å². The van der Waals surface area contributed by atoms with Gasteiger partial charge in [0, 0.05) is 7.11 Å². The van der Waals surface area contributed by atoms with E-state index >= 15 is 0 Å². The fourth-order valence-corrected chi connectivity index (χ4v) is 1.42. The quantitative estimate of drug-likeness (QED) is 0.732. The predicted molar refractivity (Wildman–Crippen MR) is 69.5 cm³/mol. The van der Waals surface area contributed by atoms with Crippen molar-refractivity contribution in [2.45, 2.75) is 13.3 Å². The van der Waals surface area contributed by atoms with E-state index in [1.807, 2.05) is 25.1 Å². The molecule has 2 N–H and O–H groups in total. The summed E-state index contributed by atoms with van der Waals surface area (Å²) < 4.78 is 9.99. The first-order valence-electron chi connectivity index (χ1n) is 5.94. The van der Waals surface area contributed by atoms with Gasteiger partial charge in [0.05, 0.1) is 0 Å². The van der Waals surface area contributed by atoms with Crippen LogP contribution in [-0.2, 0) is 20.7 Å². The van der Waals surface area contributed by atoms with Crippen molar-refractivity contribution in [3.8, 4) is 5.75 Å². The molecule has 0 atom stereocenters. The van der Waals surface area contributed by atoms with Crippen LogP contribution in [0, 0.1) is 0 Å². The Kier molecular flexibility index (Phi) is 6.38. The Morgan fingerprint density at radius 1 is 1.11 bits per heavy atom. The number of rotatable bonds is 6. The number of methoxy groups -OCH3 is 1. The number of aryl methyl sites for hydroxylation is 1. The molecule has 0 unspecified atom stereocenters. The summed E-state index contributed by atoms with van der Waals surface area (Å²) in [5.74, 6) is -0.191. The second kappa shape index (κ2) is 8.10. The van der Waals surface area contributed by atoms with Crippen molar-refractivity contribution in [3.05, 3.63) is 29.8 Å². The van der Waals surface area contributed by atoms with Crippen LogP contribution in [0.2, 0.25) is 0 Å². The molecule has 0 aromatic heterocycles. The van der Waals surface area contributed by atoms with Gasteiger partial charge in [-0.1, -0.05) is 25.1 Å². The summed E-state index contributed by atoms with van der Waals surface area (Å²) in [7, 11) is 1.40. The zero-order valence-electron chi connectivity index (χ0n) is 11.1. The lowest BCUT2D eigenvalue weighted by molar-refractivity contribution is -0.131. The maximum Gasteiger partial charge on any atom is 0.276 e. The van der Waals surface area contributed by atoms with Crippen molar-refractivity contribution in [3.63, 3.8) is 0 Å². The maximum atomic E-state index is 11.4. The molecule has 0 aliphatic heterocycles. The van der Waals surface area contributed by atoms with Crippen molar-refractivity contribution in [1.82, 2.24) is 10.9 Å². The summed E-state index contributed by atoms with van der Waals surface area (Å²) in [5.41, 5.74) is 5.46. The Morgan fingerprint density at radius 2 is 1.74 bits per heavy atom. The van der Waals surface area contributed by atoms with Gasteiger partial charge in [-0.3, -0.25) is 20.4 Å². The number of para-hydroxylation sites is 1. The van der Waals surface area contributed by atoms with E-state index in [0.29, 0.717) is 5.75 Å². The highest BCUT2D eigenvalue weighted by molar-refractivity contribution is 5.83. The molecule has 0 saturated heterocycles. The largest absolute Gasteiger partial charge is 0.483 e. The molecule has 104 valence electrons. The van der Waals surface area contributed by atoms with Gasteiger partial charge in [-0.25, -0.2) is 0 Å². The first kappa shape index (κ1) is 15.0. The molecule has 6 nitrogen and oxygen atoms in total. The third-order valence-corrected chi connectivity index (χ3v) is 2.33. The molecule has 2 amide bonds. The van der Waals surface area contributed by atoms with Crippen molar-refractivity contribution < 1.29 is 19.1 Å². The maximum absolute atomic E-state index is 11.4. The Labute approximate surface area is 112 Å². The zero-order valence-corrected chi connectivity index (χ0v) is 11.1. The van der Waals surface area contributed by atoms with Gasteiger partial charge in [0.15, 0.2) is 6.61 Å². The number of carbonyl (C=O) groups is 2. The smallest absolute Gasteiger partial charge is 0.276 e. The number of benzene rings is 1. The number of hydrogen-bond donors (Lipinski definition) is 2. The van der Waals surface area contributed by atoms with Gasteiger partial charge < -0.3 is 9.47 Å². The van der Waals surface area contributed by atoms with Crippen LogP contribution in [0.25, 0.3) is 0 Å². The molecule has 0 heterocycles. The van der Waals surface area contributed by atoms with E-state index in [1.165, 1.54) is 7.11 Å². The van der Waals surface area contributed by atoms with E-state index in [1.54, 1.807) is 6.07 Å². The number of hydrazine groups is 1. The molecule has 0 saturated carbocycles. The normalized spacial score (nSPS) is 9.79. The molecule has 1 aromatic carbocycles. The van der Waals surface area contributed by atoms with Crippen LogP contribution in [0.3, 0.4) is 0 Å². The van der Waals surface area contributed by atoms with Crippen LogP contribution in [0.5, 0.6) is 5.75 Å². The van der Waals surface area contributed by atoms with Crippen molar-refractivity contribution in [1.29, 1.82) is 0 Å². The van der Waals surface area contributed by atoms with Crippen molar-refractivity contribution >= 4 is 11.8 Å². The lowest BCUT2D eigenvalue weighted by Crippen LogP contribution is -2.45. The van der Waals surface area contributed by atoms with Gasteiger partial charge in [-0.15, -0.1) is 0 Å². The van der Waals surface area contributed by atoms with Crippen LogP contribution < -0.4 is 15.6 Å². The SMILES string of the molecule is CCc1ccccc1OCC(=O)NNC(=O)COC. The van der Waals surface area contributed by atoms with Gasteiger partial charge in [0.25, 0.3) is 11.8 Å². The lowest BCUT2D eigenvalue weighted by Gasteiger charge is -2.10. The zero-order chi connectivity index (χ0) is 14.1. The summed E-state index contributed by atoms with van der Waals surface area (Å²) >= 11 is 0. The molecule has 6 heteroatoms. The highest BCUT2D eigenvalue weighted by atomic mass is 16.5. The highest BCUT2D eigenvalue weighted by Crippen LogP contribution is 2.17. The predicted octanol–water partition coefficient (Wildman–Crippen LogP) is 0.422. The van der Waals surface area contributed by atoms with E-state index in [0.717, 1.165) is 12.0 Å². The fourth-order valence-electron chi connectivity index (χ4n) is 1.42. The lowest BCUT2D eigenvalue weighted by atomic mass is 10.1. The first-order chi connectivity index (χ1) is 9.17. The molecule has 0 aliphatic carbocycles. The molecular weight excluding hydrogens is 248 g/mol. The van der Waals surface area contributed by atoms with Gasteiger partial charge in [-0.2, -0.15) is 0 Å². The molecule has 0 aliphatic rings. The third-order valence-electron chi connectivity index (χ3n) is 2.33. The molecule has 1 aromatic rings. The van der Waals surface area contributed by atoms with Crippen LogP contribution in [0.15, 0.2) is 24.3 Å². The minimum Gasteiger partial charge on any atom is -0.483 e. The van der Waals surface area contributed by atoms with E-state index in [9.17, 15) is 9.59 Å². The monoisotopic (exact) mass is 266 g/mol. The highest BCUT2D eigenvalue weighted by Gasteiger charge is 2.06. The third kappa shape index (κ3) is 5.39. The number of hydrogen-bond acceptors (Lipinski definition) is 4. The average Bonchev–Trinajstić information content (AvgIpc) is 2.43. The summed E-state index contributed by atoms with van der Waals surface area (Å²) in [6.45, 7) is 1.73. The summed E-state index contributed by atoms with van der Waals surface area (Å²) in [6.07, 6.45) is 0.822.